The van der Waals surface area contributed by atoms with Crippen molar-refractivity contribution in [2.75, 3.05) is 24.6 Å². The number of ether oxygens (including phenoxy) is 1. The Morgan fingerprint density at radius 3 is 2.03 bits per heavy atom. The number of rotatable bonds is 20. The molecule has 0 saturated carbocycles. The van der Waals surface area contributed by atoms with Crippen LogP contribution < -0.4 is 16.8 Å². The molecular formula is C44H54Cl7N13O4. The van der Waals surface area contributed by atoms with E-state index in [9.17, 15) is 14.4 Å². The highest BCUT2D eigenvalue weighted by Crippen LogP contribution is 2.31. The van der Waals surface area contributed by atoms with Gasteiger partial charge >= 0.3 is 6.09 Å². The number of aromatic nitrogens is 7. The Morgan fingerprint density at radius 2 is 1.46 bits per heavy atom. The van der Waals surface area contributed by atoms with Gasteiger partial charge in [0.1, 0.15) is 5.60 Å². The van der Waals surface area contributed by atoms with E-state index in [-0.39, 0.29) is 62.9 Å². The topological polar surface area (TPSA) is 250 Å². The summed E-state index contributed by atoms with van der Waals surface area (Å²) < 4.78 is 8.27. The number of hydrogen-bond donors (Lipinski definition) is 4. The Hall–Kier alpha value is -4.89. The molecule has 0 aliphatic rings. The number of benzene rings is 2. The number of hydrogen-bond acceptors (Lipinski definition) is 11. The molecule has 5 aromatic rings. The number of imidazole rings is 2. The molecule has 0 fully saturated rings. The van der Waals surface area contributed by atoms with E-state index in [0.717, 1.165) is 81.3 Å². The van der Waals surface area contributed by atoms with Crippen molar-refractivity contribution in [3.63, 3.8) is 0 Å². The first kappa shape index (κ1) is 59.2. The highest BCUT2D eigenvalue weighted by Gasteiger charge is 2.21. The Kier molecular flexibility index (Phi) is 26.6. The van der Waals surface area contributed by atoms with Crippen molar-refractivity contribution < 1.29 is 19.1 Å². The van der Waals surface area contributed by atoms with Gasteiger partial charge in [0, 0.05) is 65.5 Å². The van der Waals surface area contributed by atoms with Crippen LogP contribution in [0.3, 0.4) is 0 Å². The Bertz CT molecular complexity index is 2460. The van der Waals surface area contributed by atoms with Crippen molar-refractivity contribution in [3.05, 3.63) is 112 Å². The third-order valence-corrected chi connectivity index (χ3v) is 10.7. The molecule has 0 spiro atoms. The van der Waals surface area contributed by atoms with Crippen LogP contribution in [0.25, 0.3) is 10.4 Å². The zero-order chi connectivity index (χ0) is 49.5. The summed E-state index contributed by atoms with van der Waals surface area (Å²) in [5, 5.41) is 15.8. The molecule has 0 aliphatic carbocycles. The van der Waals surface area contributed by atoms with E-state index in [1.807, 2.05) is 27.0 Å². The second-order valence-corrected chi connectivity index (χ2v) is 18.3. The van der Waals surface area contributed by atoms with Crippen LogP contribution in [0.2, 0.25) is 30.1 Å². The van der Waals surface area contributed by atoms with E-state index in [0.29, 0.717) is 40.9 Å². The van der Waals surface area contributed by atoms with Gasteiger partial charge in [-0.3, -0.25) is 14.3 Å². The number of ketones is 1. The van der Waals surface area contributed by atoms with Gasteiger partial charge in [0.2, 0.25) is 5.95 Å². The van der Waals surface area contributed by atoms with E-state index in [1.165, 1.54) is 28.8 Å². The highest BCUT2D eigenvalue weighted by molar-refractivity contribution is 6.43. The number of nitrogen functional groups attached to an aromatic ring is 2. The SMILES string of the molecule is C#CCCCCCc1cn(C(=O)OC(C)(C)C)c(N)n1.Cl.Nc1ncc(CCCCCc2cn(CCCC(=O)c3c(Cl)cc(Cl)cc3Cl)nn2)[nH]1.[N-]=[N+]=NCCNC(=O)c1c(Cl)cc(Cl)cc1Cl. The Balaban J connectivity index is 0.000000366. The maximum Gasteiger partial charge on any atom is 0.421 e. The van der Waals surface area contributed by atoms with Crippen molar-refractivity contribution in [1.29, 1.82) is 0 Å². The number of carbonyl (C=O) groups is 3. The number of halogens is 7. The number of unbranched alkanes of at least 4 members (excludes halogenated alkanes) is 5. The number of anilines is 2. The molecule has 0 radical (unpaired) electrons. The fraction of sp³-hybridized carbons (Fsp3) is 0.432. The molecule has 1 amide bonds. The zero-order valence-electron chi connectivity index (χ0n) is 37.7. The van der Waals surface area contributed by atoms with E-state index in [1.54, 1.807) is 17.1 Å². The lowest BCUT2D eigenvalue weighted by atomic mass is 10.1. The largest absolute Gasteiger partial charge is 0.443 e. The van der Waals surface area contributed by atoms with E-state index < -0.39 is 17.6 Å². The van der Waals surface area contributed by atoms with Gasteiger partial charge in [-0.05, 0) is 102 Å². The summed E-state index contributed by atoms with van der Waals surface area (Å²) in [6.07, 6.45) is 20.6. The maximum atomic E-state index is 12.4. The lowest BCUT2D eigenvalue weighted by Gasteiger charge is -2.19. The van der Waals surface area contributed by atoms with Gasteiger partial charge in [-0.1, -0.05) is 92.8 Å². The lowest BCUT2D eigenvalue weighted by molar-refractivity contribution is 0.0540. The van der Waals surface area contributed by atoms with Gasteiger partial charge in [0.15, 0.2) is 11.7 Å². The summed E-state index contributed by atoms with van der Waals surface area (Å²) in [5.74, 6) is 2.69. The third-order valence-electron chi connectivity index (χ3n) is 9.11. The molecule has 24 heteroatoms. The molecule has 68 heavy (non-hydrogen) atoms. The number of nitrogens with zero attached hydrogens (tertiary/aromatic N) is 9. The predicted octanol–water partition coefficient (Wildman–Crippen LogP) is 12.3. The van der Waals surface area contributed by atoms with E-state index in [4.69, 9.17) is 97.8 Å². The number of terminal acetylenes is 1. The Labute approximate surface area is 431 Å². The first-order valence-corrected chi connectivity index (χ1v) is 23.4. The normalized spacial score (nSPS) is 10.6. The quantitative estimate of drug-likeness (QED) is 0.0143. The van der Waals surface area contributed by atoms with Gasteiger partial charge in [-0.25, -0.2) is 19.3 Å². The average molecular weight is 1080 g/mol. The number of amides is 1. The summed E-state index contributed by atoms with van der Waals surface area (Å²) in [6, 6.07) is 5.90. The standard InChI is InChI=1S/C20H23Cl3N6O.C15H23N3O2.C9H7Cl3N4O.ClH/c21-13-9-16(22)19(17(23)10-13)18(30)7-4-8-29-12-15(27-28-29)6-3-1-2-5-14-11-25-20(24)26-14;1-5-6-7-8-9-10-12-11-18(13(16)17-12)14(19)20-15(2,3)4;10-5-3-6(11)8(7(12)4-5)9(17)14-1-2-15-16-13;/h9-12H,1-8H2,(H3,24,25,26);1,11H,6-10H2,2-4H3,(H2,16,17);3-4H,1-2H2,(H,14,17);1H. The van der Waals surface area contributed by atoms with Crippen LogP contribution in [0.15, 0.2) is 48.0 Å². The molecule has 0 aliphatic heterocycles. The van der Waals surface area contributed by atoms with Gasteiger partial charge in [0.25, 0.3) is 5.91 Å². The van der Waals surface area contributed by atoms with E-state index >= 15 is 0 Å². The minimum absolute atomic E-state index is 0. The van der Waals surface area contributed by atoms with Crippen molar-refractivity contribution in [2.24, 2.45) is 5.11 Å². The number of nitrogens with one attached hydrogen (secondary N) is 2. The van der Waals surface area contributed by atoms with Crippen molar-refractivity contribution in [1.82, 2.24) is 39.8 Å². The number of aromatic amines is 1. The molecule has 0 unspecified atom stereocenters. The summed E-state index contributed by atoms with van der Waals surface area (Å²) in [5.41, 5.74) is 22.1. The molecular weight excluding hydrogens is 1020 g/mol. The number of aryl methyl sites for hydroxylation is 4. The second-order valence-electron chi connectivity index (χ2n) is 15.8. The van der Waals surface area contributed by atoms with Gasteiger partial charge in [-0.2, -0.15) is 0 Å². The van der Waals surface area contributed by atoms with Crippen LogP contribution in [0, 0.1) is 12.3 Å². The third kappa shape index (κ3) is 21.6. The average Bonchev–Trinajstić information content (AvgIpc) is 3.98. The first-order chi connectivity index (χ1) is 31.8. The fourth-order valence-corrected chi connectivity index (χ4v) is 8.06. The number of carbonyl (C=O) groups excluding carboxylic acids is 3. The summed E-state index contributed by atoms with van der Waals surface area (Å²) >= 11 is 35.5. The monoisotopic (exact) mass is 1070 g/mol. The van der Waals surface area contributed by atoms with Crippen LogP contribution >= 0.6 is 82.0 Å². The molecule has 3 aromatic heterocycles. The molecule has 0 saturated heterocycles. The van der Waals surface area contributed by atoms with Crippen molar-refractivity contribution in [3.8, 4) is 12.3 Å². The molecule has 6 N–H and O–H groups in total. The first-order valence-electron chi connectivity index (χ1n) is 21.1. The molecule has 0 atom stereocenters. The van der Waals surface area contributed by atoms with Gasteiger partial charge in [0.05, 0.1) is 48.8 Å². The molecule has 2 aromatic carbocycles. The molecule has 17 nitrogen and oxygen atoms in total. The summed E-state index contributed by atoms with van der Waals surface area (Å²) in [4.78, 5) is 49.8. The van der Waals surface area contributed by atoms with Crippen molar-refractivity contribution in [2.45, 2.75) is 110 Å². The zero-order valence-corrected chi connectivity index (χ0v) is 43.1. The van der Waals surface area contributed by atoms with Crippen molar-refractivity contribution >= 4 is 112 Å². The van der Waals surface area contributed by atoms with Crippen LogP contribution in [0.5, 0.6) is 0 Å². The molecule has 3 heterocycles. The number of azide groups is 1. The van der Waals surface area contributed by atoms with Gasteiger partial charge < -0.3 is 26.5 Å². The maximum absolute atomic E-state index is 12.4. The number of nitrogens with two attached hydrogens (primary N) is 2. The van der Waals surface area contributed by atoms with Crippen LogP contribution in [0.4, 0.5) is 16.7 Å². The Morgan fingerprint density at radius 1 is 0.868 bits per heavy atom. The van der Waals surface area contributed by atoms with Crippen LogP contribution in [0.1, 0.15) is 116 Å². The summed E-state index contributed by atoms with van der Waals surface area (Å²) in [7, 11) is 0. The van der Waals surface area contributed by atoms with Gasteiger partial charge in [-0.15, -0.1) is 29.8 Å². The second kappa shape index (κ2) is 30.6. The minimum Gasteiger partial charge on any atom is -0.443 e. The molecule has 5 rings (SSSR count). The van der Waals surface area contributed by atoms with E-state index in [2.05, 4.69) is 46.5 Å². The highest BCUT2D eigenvalue weighted by atomic mass is 35.5. The molecule has 0 bridgehead atoms. The summed E-state index contributed by atoms with van der Waals surface area (Å²) in [6.45, 7) is 6.39. The number of H-pyrrole nitrogens is 1. The minimum atomic E-state index is -0.552. The number of Topliss-reactive ketones (excluding diaryl/α,β-unsaturated/α-hetero) is 1. The van der Waals surface area contributed by atoms with Crippen LogP contribution in [-0.2, 0) is 30.5 Å². The fourth-order valence-electron chi connectivity index (χ4n) is 6.04. The smallest absolute Gasteiger partial charge is 0.421 e. The predicted molar refractivity (Wildman–Crippen MR) is 274 cm³/mol. The molecule has 368 valence electrons. The van der Waals surface area contributed by atoms with Crippen LogP contribution in [-0.4, -0.2) is 71.0 Å². The lowest BCUT2D eigenvalue weighted by Crippen LogP contribution is -2.27.